The van der Waals surface area contributed by atoms with Crippen molar-refractivity contribution < 1.29 is 18.8 Å². The van der Waals surface area contributed by atoms with Crippen LogP contribution in [0, 0.1) is 12.7 Å². The summed E-state index contributed by atoms with van der Waals surface area (Å²) in [5.74, 6) is -1.04. The first-order chi connectivity index (χ1) is 15.8. The smallest absolute Gasteiger partial charge is 0.325 e. The highest BCUT2D eigenvalue weighted by molar-refractivity contribution is 6.09. The summed E-state index contributed by atoms with van der Waals surface area (Å²) in [4.78, 5) is 42.2. The molecule has 1 unspecified atom stereocenters. The van der Waals surface area contributed by atoms with Crippen molar-refractivity contribution in [2.45, 2.75) is 64.1 Å². The van der Waals surface area contributed by atoms with Gasteiger partial charge < -0.3 is 10.2 Å². The molecule has 1 N–H and O–H groups in total. The van der Waals surface area contributed by atoms with E-state index in [1.807, 2.05) is 31.2 Å². The molecule has 4 rings (SSSR count). The molecule has 2 aromatic rings. The second-order valence-electron chi connectivity index (χ2n) is 9.25. The summed E-state index contributed by atoms with van der Waals surface area (Å²) in [5.41, 5.74) is 1.33. The molecule has 1 aliphatic carbocycles. The summed E-state index contributed by atoms with van der Waals surface area (Å²) in [6.45, 7) is 3.62. The van der Waals surface area contributed by atoms with E-state index in [1.54, 1.807) is 24.0 Å². The van der Waals surface area contributed by atoms with Crippen LogP contribution in [-0.4, -0.2) is 40.2 Å². The van der Waals surface area contributed by atoms with E-state index in [0.717, 1.165) is 48.1 Å². The Hall–Kier alpha value is -3.22. The molecule has 1 heterocycles. The van der Waals surface area contributed by atoms with E-state index in [1.165, 1.54) is 12.1 Å². The number of benzene rings is 2. The van der Waals surface area contributed by atoms with Crippen LogP contribution in [0.2, 0.25) is 0 Å². The monoisotopic (exact) mass is 451 g/mol. The largest absolute Gasteiger partial charge is 0.334 e. The van der Waals surface area contributed by atoms with Crippen molar-refractivity contribution in [3.05, 3.63) is 71.0 Å². The van der Waals surface area contributed by atoms with Crippen molar-refractivity contribution in [3.8, 4) is 0 Å². The molecule has 1 saturated heterocycles. The third kappa shape index (κ3) is 4.77. The van der Waals surface area contributed by atoms with Gasteiger partial charge in [-0.15, -0.1) is 0 Å². The zero-order valence-electron chi connectivity index (χ0n) is 19.1. The van der Waals surface area contributed by atoms with Gasteiger partial charge in [0.1, 0.15) is 17.9 Å². The van der Waals surface area contributed by atoms with Crippen molar-refractivity contribution in [1.82, 2.24) is 15.1 Å². The SMILES string of the molecule is Cc1ccc(C2(C)NC(=O)N(CC(=O)N(Cc3ccc(F)cc3)C3CCCCC3)C2=O)cc1. The number of halogens is 1. The third-order valence-electron chi connectivity index (χ3n) is 6.80. The first-order valence-electron chi connectivity index (χ1n) is 11.5. The number of hydrogen-bond donors (Lipinski definition) is 1. The molecule has 0 aromatic heterocycles. The van der Waals surface area contributed by atoms with Gasteiger partial charge in [-0.05, 0) is 49.9 Å². The molecule has 0 bridgehead atoms. The lowest BCUT2D eigenvalue weighted by molar-refractivity contribution is -0.141. The molecule has 1 saturated carbocycles. The van der Waals surface area contributed by atoms with Gasteiger partial charge in [0.15, 0.2) is 0 Å². The number of aryl methyl sites for hydroxylation is 1. The molecule has 33 heavy (non-hydrogen) atoms. The van der Waals surface area contributed by atoms with Crippen molar-refractivity contribution in [2.24, 2.45) is 0 Å². The van der Waals surface area contributed by atoms with Crippen molar-refractivity contribution in [3.63, 3.8) is 0 Å². The molecule has 1 atom stereocenters. The highest BCUT2D eigenvalue weighted by atomic mass is 19.1. The number of nitrogens with zero attached hydrogens (tertiary/aromatic N) is 2. The van der Waals surface area contributed by atoms with Gasteiger partial charge >= 0.3 is 6.03 Å². The number of hydrogen-bond acceptors (Lipinski definition) is 3. The molecule has 7 heteroatoms. The molecule has 6 nitrogen and oxygen atoms in total. The number of amides is 4. The van der Waals surface area contributed by atoms with Gasteiger partial charge in [-0.2, -0.15) is 0 Å². The summed E-state index contributed by atoms with van der Waals surface area (Å²) in [5, 5.41) is 2.77. The first-order valence-corrected chi connectivity index (χ1v) is 11.5. The third-order valence-corrected chi connectivity index (χ3v) is 6.80. The second kappa shape index (κ2) is 9.33. The Morgan fingerprint density at radius 2 is 1.70 bits per heavy atom. The van der Waals surface area contributed by atoms with Crippen molar-refractivity contribution >= 4 is 17.8 Å². The van der Waals surface area contributed by atoms with Gasteiger partial charge in [0, 0.05) is 12.6 Å². The minimum absolute atomic E-state index is 0.0422. The Morgan fingerprint density at radius 3 is 2.33 bits per heavy atom. The Kier molecular flexibility index (Phi) is 6.49. The number of rotatable bonds is 6. The summed E-state index contributed by atoms with van der Waals surface area (Å²) in [6.07, 6.45) is 4.97. The van der Waals surface area contributed by atoms with Crippen LogP contribution in [0.25, 0.3) is 0 Å². The molecule has 0 radical (unpaired) electrons. The van der Waals surface area contributed by atoms with Crippen LogP contribution >= 0.6 is 0 Å². The van der Waals surface area contributed by atoms with Gasteiger partial charge in [-0.3, -0.25) is 14.5 Å². The number of urea groups is 1. The number of nitrogens with one attached hydrogen (secondary N) is 1. The summed E-state index contributed by atoms with van der Waals surface area (Å²) in [6, 6.07) is 13.0. The van der Waals surface area contributed by atoms with Crippen LogP contribution in [0.3, 0.4) is 0 Å². The maximum absolute atomic E-state index is 13.4. The van der Waals surface area contributed by atoms with Crippen molar-refractivity contribution in [1.29, 1.82) is 0 Å². The van der Waals surface area contributed by atoms with E-state index in [0.29, 0.717) is 12.1 Å². The fraction of sp³-hybridized carbons (Fsp3) is 0.423. The van der Waals surface area contributed by atoms with Crippen LogP contribution in [0.4, 0.5) is 9.18 Å². The molecule has 174 valence electrons. The highest BCUT2D eigenvalue weighted by Crippen LogP contribution is 2.30. The Labute approximate surface area is 193 Å². The van der Waals surface area contributed by atoms with E-state index < -0.39 is 17.5 Å². The van der Waals surface area contributed by atoms with Gasteiger partial charge in [-0.25, -0.2) is 9.18 Å². The predicted molar refractivity (Wildman–Crippen MR) is 123 cm³/mol. The molecule has 4 amide bonds. The molecule has 2 fully saturated rings. The van der Waals surface area contributed by atoms with Crippen LogP contribution in [0.5, 0.6) is 0 Å². The fourth-order valence-electron chi connectivity index (χ4n) is 4.75. The number of carbonyl (C=O) groups excluding carboxylic acids is 3. The van der Waals surface area contributed by atoms with Crippen LogP contribution < -0.4 is 5.32 Å². The zero-order valence-corrected chi connectivity index (χ0v) is 19.1. The molecule has 2 aromatic carbocycles. The number of imide groups is 1. The van der Waals surface area contributed by atoms with E-state index in [2.05, 4.69) is 5.32 Å². The average molecular weight is 452 g/mol. The fourth-order valence-corrected chi connectivity index (χ4v) is 4.75. The Morgan fingerprint density at radius 1 is 1.06 bits per heavy atom. The van der Waals surface area contributed by atoms with Crippen LogP contribution in [0.15, 0.2) is 48.5 Å². The van der Waals surface area contributed by atoms with E-state index >= 15 is 0 Å². The summed E-state index contributed by atoms with van der Waals surface area (Å²) >= 11 is 0. The van der Waals surface area contributed by atoms with Gasteiger partial charge in [0.05, 0.1) is 0 Å². The standard InChI is InChI=1S/C26H30FN3O3/c1-18-8-12-20(13-9-18)26(2)24(32)30(25(33)28-26)17-23(31)29(22-6-4-3-5-7-22)16-19-10-14-21(27)15-11-19/h8-15,22H,3-7,16-17H2,1-2H3,(H,28,33). The Bertz CT molecular complexity index is 1030. The van der Waals surface area contributed by atoms with Gasteiger partial charge in [-0.1, -0.05) is 61.2 Å². The topological polar surface area (TPSA) is 69.7 Å². The van der Waals surface area contributed by atoms with Crippen LogP contribution in [0.1, 0.15) is 55.7 Å². The lowest BCUT2D eigenvalue weighted by Gasteiger charge is -2.35. The maximum Gasteiger partial charge on any atom is 0.325 e. The minimum atomic E-state index is -1.21. The van der Waals surface area contributed by atoms with Crippen LogP contribution in [-0.2, 0) is 21.7 Å². The predicted octanol–water partition coefficient (Wildman–Crippen LogP) is 4.26. The zero-order chi connectivity index (χ0) is 23.6. The van der Waals surface area contributed by atoms with Crippen molar-refractivity contribution in [2.75, 3.05) is 6.54 Å². The first kappa shape index (κ1) is 23.0. The normalized spacial score (nSPS) is 21.2. The quantitative estimate of drug-likeness (QED) is 0.667. The second-order valence-corrected chi connectivity index (χ2v) is 9.25. The van der Waals surface area contributed by atoms with E-state index in [9.17, 15) is 18.8 Å². The van der Waals surface area contributed by atoms with E-state index in [4.69, 9.17) is 0 Å². The molecule has 2 aliphatic rings. The number of carbonyl (C=O) groups is 3. The highest BCUT2D eigenvalue weighted by Gasteiger charge is 2.49. The maximum atomic E-state index is 13.4. The molecular formula is C26H30FN3O3. The summed E-state index contributed by atoms with van der Waals surface area (Å²) in [7, 11) is 0. The summed E-state index contributed by atoms with van der Waals surface area (Å²) < 4.78 is 13.4. The average Bonchev–Trinajstić information content (AvgIpc) is 3.03. The van der Waals surface area contributed by atoms with E-state index in [-0.39, 0.29) is 24.3 Å². The lowest BCUT2D eigenvalue weighted by atomic mass is 9.91. The molecule has 1 aliphatic heterocycles. The Balaban J connectivity index is 1.54. The van der Waals surface area contributed by atoms with Gasteiger partial charge in [0.25, 0.3) is 5.91 Å². The minimum Gasteiger partial charge on any atom is -0.334 e. The molecular weight excluding hydrogens is 421 g/mol. The lowest BCUT2D eigenvalue weighted by Crippen LogP contribution is -2.48. The molecule has 0 spiro atoms. The van der Waals surface area contributed by atoms with Gasteiger partial charge in [0.2, 0.25) is 5.91 Å².